The minimum Gasteiger partial charge on any atom is -0.454 e. The van der Waals surface area contributed by atoms with Crippen molar-refractivity contribution in [2.45, 2.75) is 31.8 Å². The molecule has 1 unspecified atom stereocenters. The molecule has 0 spiro atoms. The van der Waals surface area contributed by atoms with Crippen LogP contribution in [-0.2, 0) is 10.4 Å². The first-order valence-corrected chi connectivity index (χ1v) is 8.70. The normalized spacial score (nSPS) is 20.9. The molecule has 0 saturated heterocycles. The van der Waals surface area contributed by atoms with Gasteiger partial charge in [-0.1, -0.05) is 44.0 Å². The van der Waals surface area contributed by atoms with Crippen molar-refractivity contribution >= 4 is 11.6 Å². The fourth-order valence-corrected chi connectivity index (χ4v) is 3.58. The number of ether oxygens (including phenoxy) is 2. The number of carbonyl (C=O) groups excluding carboxylic acids is 1. The Morgan fingerprint density at radius 2 is 1.92 bits per heavy atom. The lowest BCUT2D eigenvalue weighted by atomic mass is 9.87. The standard InChI is InChI=1S/C20H21NO4/c1-2-3-6-11-21-16-8-5-4-7-15(16)20(23,19(21)22)14-9-10-17-18(12-14)25-13-24-17/h4-5,7-10,12,23H,2-3,6,11,13H2,1H3. The molecule has 2 aromatic rings. The maximum absolute atomic E-state index is 13.2. The molecule has 2 aliphatic heterocycles. The maximum atomic E-state index is 13.2. The Balaban J connectivity index is 1.77. The molecule has 2 heterocycles. The van der Waals surface area contributed by atoms with E-state index in [1.165, 1.54) is 0 Å². The van der Waals surface area contributed by atoms with Gasteiger partial charge in [0.15, 0.2) is 17.1 Å². The summed E-state index contributed by atoms with van der Waals surface area (Å²) in [4.78, 5) is 14.9. The Kier molecular flexibility index (Phi) is 3.88. The second-order valence-corrected chi connectivity index (χ2v) is 6.46. The van der Waals surface area contributed by atoms with E-state index in [4.69, 9.17) is 9.47 Å². The van der Waals surface area contributed by atoms with Crippen LogP contribution in [-0.4, -0.2) is 24.4 Å². The summed E-state index contributed by atoms with van der Waals surface area (Å²) in [6.45, 7) is 2.89. The summed E-state index contributed by atoms with van der Waals surface area (Å²) in [7, 11) is 0. The molecule has 0 aliphatic carbocycles. The number of unbranched alkanes of at least 4 members (excludes halogenated alkanes) is 2. The average Bonchev–Trinajstić information content (AvgIpc) is 3.19. The zero-order valence-electron chi connectivity index (χ0n) is 14.2. The number of benzene rings is 2. The van der Waals surface area contributed by atoms with Crippen LogP contribution in [0.5, 0.6) is 11.5 Å². The van der Waals surface area contributed by atoms with Gasteiger partial charge < -0.3 is 19.5 Å². The summed E-state index contributed by atoms with van der Waals surface area (Å²) in [5.74, 6) is 0.884. The monoisotopic (exact) mass is 339 g/mol. The van der Waals surface area contributed by atoms with Gasteiger partial charge in [-0.15, -0.1) is 0 Å². The zero-order valence-corrected chi connectivity index (χ0v) is 14.2. The quantitative estimate of drug-likeness (QED) is 0.850. The Bertz CT molecular complexity index is 819. The van der Waals surface area contributed by atoms with Gasteiger partial charge in [-0.25, -0.2) is 0 Å². The molecule has 2 aliphatic rings. The van der Waals surface area contributed by atoms with Gasteiger partial charge in [0.2, 0.25) is 6.79 Å². The van der Waals surface area contributed by atoms with Crippen LogP contribution in [0.4, 0.5) is 5.69 Å². The van der Waals surface area contributed by atoms with Crippen LogP contribution in [0.3, 0.4) is 0 Å². The summed E-state index contributed by atoms with van der Waals surface area (Å²) in [6.07, 6.45) is 3.04. The van der Waals surface area contributed by atoms with Gasteiger partial charge in [-0.3, -0.25) is 4.79 Å². The lowest BCUT2D eigenvalue weighted by Crippen LogP contribution is -2.41. The highest BCUT2D eigenvalue weighted by molar-refractivity contribution is 6.09. The van der Waals surface area contributed by atoms with E-state index in [9.17, 15) is 9.90 Å². The largest absolute Gasteiger partial charge is 0.454 e. The number of fused-ring (bicyclic) bond motifs is 2. The third-order valence-corrected chi connectivity index (χ3v) is 4.91. The van der Waals surface area contributed by atoms with Gasteiger partial charge in [0, 0.05) is 17.7 Å². The van der Waals surface area contributed by atoms with Crippen molar-refractivity contribution in [1.29, 1.82) is 0 Å². The number of amides is 1. The molecule has 0 radical (unpaired) electrons. The van der Waals surface area contributed by atoms with Gasteiger partial charge in [0.25, 0.3) is 5.91 Å². The van der Waals surface area contributed by atoms with Crippen molar-refractivity contribution < 1.29 is 19.4 Å². The molecule has 0 saturated carbocycles. The molecule has 0 fully saturated rings. The second-order valence-electron chi connectivity index (χ2n) is 6.46. The maximum Gasteiger partial charge on any atom is 0.268 e. The summed E-state index contributed by atoms with van der Waals surface area (Å²) < 4.78 is 10.7. The Morgan fingerprint density at radius 3 is 2.76 bits per heavy atom. The topological polar surface area (TPSA) is 59.0 Å². The lowest BCUT2D eigenvalue weighted by molar-refractivity contribution is -0.132. The van der Waals surface area contributed by atoms with E-state index in [2.05, 4.69) is 6.92 Å². The lowest BCUT2D eigenvalue weighted by Gasteiger charge is -2.24. The van der Waals surface area contributed by atoms with Crippen molar-refractivity contribution in [3.8, 4) is 11.5 Å². The molecular formula is C20H21NO4. The minimum absolute atomic E-state index is 0.158. The number of hydrogen-bond donors (Lipinski definition) is 1. The predicted octanol–water partition coefficient (Wildman–Crippen LogP) is 3.19. The zero-order chi connectivity index (χ0) is 17.4. The Hall–Kier alpha value is -2.53. The SMILES string of the molecule is CCCCCN1C(=O)C(O)(c2ccc3c(c2)OCO3)c2ccccc21. The second kappa shape index (κ2) is 6.08. The van der Waals surface area contributed by atoms with Crippen LogP contribution < -0.4 is 14.4 Å². The number of para-hydroxylation sites is 1. The van der Waals surface area contributed by atoms with E-state index in [0.717, 1.165) is 24.9 Å². The molecule has 2 aromatic carbocycles. The molecular weight excluding hydrogens is 318 g/mol. The molecule has 1 N–H and O–H groups in total. The molecule has 1 amide bonds. The van der Waals surface area contributed by atoms with E-state index < -0.39 is 5.60 Å². The van der Waals surface area contributed by atoms with Gasteiger partial charge in [-0.05, 0) is 24.6 Å². The highest BCUT2D eigenvalue weighted by atomic mass is 16.7. The minimum atomic E-state index is -1.69. The number of anilines is 1. The smallest absolute Gasteiger partial charge is 0.268 e. The van der Waals surface area contributed by atoms with Crippen molar-refractivity contribution in [3.05, 3.63) is 53.6 Å². The molecule has 0 bridgehead atoms. The molecule has 5 nitrogen and oxygen atoms in total. The summed E-state index contributed by atoms with van der Waals surface area (Å²) in [6, 6.07) is 12.6. The van der Waals surface area contributed by atoms with Crippen molar-refractivity contribution in [3.63, 3.8) is 0 Å². The first-order valence-electron chi connectivity index (χ1n) is 8.70. The molecule has 0 aromatic heterocycles. The number of carbonyl (C=O) groups is 1. The van der Waals surface area contributed by atoms with Crippen LogP contribution in [0.25, 0.3) is 0 Å². The first kappa shape index (κ1) is 16.0. The number of hydrogen-bond acceptors (Lipinski definition) is 4. The van der Waals surface area contributed by atoms with Gasteiger partial charge >= 0.3 is 0 Å². The van der Waals surface area contributed by atoms with Crippen molar-refractivity contribution in [2.24, 2.45) is 0 Å². The van der Waals surface area contributed by atoms with Crippen LogP contribution in [0.1, 0.15) is 37.3 Å². The van der Waals surface area contributed by atoms with E-state index in [1.807, 2.05) is 24.3 Å². The van der Waals surface area contributed by atoms with Crippen LogP contribution >= 0.6 is 0 Å². The third-order valence-electron chi connectivity index (χ3n) is 4.91. The summed E-state index contributed by atoms with van der Waals surface area (Å²) >= 11 is 0. The Labute approximate surface area is 146 Å². The van der Waals surface area contributed by atoms with Crippen molar-refractivity contribution in [1.82, 2.24) is 0 Å². The van der Waals surface area contributed by atoms with E-state index in [-0.39, 0.29) is 12.7 Å². The van der Waals surface area contributed by atoms with Crippen molar-refractivity contribution in [2.75, 3.05) is 18.2 Å². The van der Waals surface area contributed by atoms with Gasteiger partial charge in [-0.2, -0.15) is 0 Å². The average molecular weight is 339 g/mol. The van der Waals surface area contributed by atoms with Crippen LogP contribution in [0.2, 0.25) is 0 Å². The summed E-state index contributed by atoms with van der Waals surface area (Å²) in [5.41, 5.74) is 0.218. The van der Waals surface area contributed by atoms with Gasteiger partial charge in [0.05, 0.1) is 5.69 Å². The van der Waals surface area contributed by atoms with E-state index in [0.29, 0.717) is 29.2 Å². The molecule has 1 atom stereocenters. The molecule has 130 valence electrons. The highest BCUT2D eigenvalue weighted by Gasteiger charge is 2.51. The fraction of sp³-hybridized carbons (Fsp3) is 0.350. The number of aliphatic hydroxyl groups is 1. The highest BCUT2D eigenvalue weighted by Crippen LogP contribution is 2.46. The first-order chi connectivity index (χ1) is 12.2. The van der Waals surface area contributed by atoms with E-state index in [1.54, 1.807) is 23.1 Å². The van der Waals surface area contributed by atoms with Crippen LogP contribution in [0.15, 0.2) is 42.5 Å². The molecule has 5 heteroatoms. The third kappa shape index (κ3) is 2.38. The molecule has 4 rings (SSSR count). The van der Waals surface area contributed by atoms with Crippen LogP contribution in [0, 0.1) is 0 Å². The number of nitrogens with zero attached hydrogens (tertiary/aromatic N) is 1. The van der Waals surface area contributed by atoms with E-state index >= 15 is 0 Å². The van der Waals surface area contributed by atoms with Gasteiger partial charge in [0.1, 0.15) is 0 Å². The molecule has 25 heavy (non-hydrogen) atoms. The predicted molar refractivity (Wildman–Crippen MR) is 93.9 cm³/mol. The Morgan fingerprint density at radius 1 is 1.12 bits per heavy atom. The summed E-state index contributed by atoms with van der Waals surface area (Å²) in [5, 5.41) is 11.5. The number of rotatable bonds is 5. The fourth-order valence-electron chi connectivity index (χ4n) is 3.58.